The van der Waals surface area contributed by atoms with Crippen LogP contribution < -0.4 is 15.0 Å². The van der Waals surface area contributed by atoms with Gasteiger partial charge in [-0.15, -0.1) is 0 Å². The van der Waals surface area contributed by atoms with Crippen LogP contribution in [0, 0.1) is 0 Å². The lowest BCUT2D eigenvalue weighted by Gasteiger charge is -2.35. The third-order valence-electron chi connectivity index (χ3n) is 5.91. The molecule has 0 bridgehead atoms. The van der Waals surface area contributed by atoms with E-state index in [0.717, 1.165) is 18.8 Å². The van der Waals surface area contributed by atoms with Gasteiger partial charge in [0.15, 0.2) is 12.4 Å². The van der Waals surface area contributed by atoms with Crippen LogP contribution >= 0.6 is 0 Å². The van der Waals surface area contributed by atoms with Crippen LogP contribution in [-0.2, 0) is 10.2 Å². The maximum atomic E-state index is 12.4. The van der Waals surface area contributed by atoms with Gasteiger partial charge < -0.3 is 24.3 Å². The fourth-order valence-corrected chi connectivity index (χ4v) is 3.88. The molecule has 2 aromatic carbocycles. The fraction of sp³-hybridized carbons (Fsp3) is 0.333. The number of anilines is 2. The molecule has 1 N–H and O–H groups in total. The van der Waals surface area contributed by atoms with E-state index in [2.05, 4.69) is 31.0 Å². The molecule has 0 radical (unpaired) electrons. The minimum atomic E-state index is -0.210. The maximum Gasteiger partial charge on any atom is 0.289 e. The first-order chi connectivity index (χ1) is 16.3. The van der Waals surface area contributed by atoms with Gasteiger partial charge >= 0.3 is 0 Å². The predicted molar refractivity (Wildman–Crippen MR) is 133 cm³/mol. The molecule has 0 spiro atoms. The van der Waals surface area contributed by atoms with Gasteiger partial charge in [-0.1, -0.05) is 32.9 Å². The lowest BCUT2D eigenvalue weighted by Crippen LogP contribution is -2.48. The van der Waals surface area contributed by atoms with Crippen LogP contribution in [0.25, 0.3) is 0 Å². The molecular weight excluding hydrogens is 430 g/mol. The first-order valence-corrected chi connectivity index (χ1v) is 11.5. The van der Waals surface area contributed by atoms with Crippen molar-refractivity contribution in [3.05, 3.63) is 78.3 Å². The molecule has 2 heterocycles. The molecule has 0 aliphatic carbocycles. The minimum Gasteiger partial charge on any atom is -0.484 e. The van der Waals surface area contributed by atoms with E-state index in [-0.39, 0.29) is 23.8 Å². The second-order valence-electron chi connectivity index (χ2n) is 9.41. The highest BCUT2D eigenvalue weighted by Gasteiger charge is 2.23. The number of rotatable bonds is 6. The van der Waals surface area contributed by atoms with Gasteiger partial charge in [0.25, 0.3) is 11.8 Å². The molecule has 1 saturated heterocycles. The van der Waals surface area contributed by atoms with Crippen LogP contribution in [-0.4, -0.2) is 49.5 Å². The Balaban J connectivity index is 1.24. The second kappa shape index (κ2) is 10.0. The Morgan fingerprint density at radius 1 is 0.941 bits per heavy atom. The summed E-state index contributed by atoms with van der Waals surface area (Å²) in [4.78, 5) is 28.7. The van der Waals surface area contributed by atoms with E-state index in [1.807, 2.05) is 48.5 Å². The van der Waals surface area contributed by atoms with E-state index in [4.69, 9.17) is 9.15 Å². The monoisotopic (exact) mass is 461 g/mol. The smallest absolute Gasteiger partial charge is 0.289 e. The average molecular weight is 462 g/mol. The zero-order valence-corrected chi connectivity index (χ0v) is 19.9. The molecule has 34 heavy (non-hydrogen) atoms. The van der Waals surface area contributed by atoms with Gasteiger partial charge in [-0.3, -0.25) is 9.59 Å². The van der Waals surface area contributed by atoms with Gasteiger partial charge in [0.2, 0.25) is 0 Å². The molecule has 4 rings (SSSR count). The summed E-state index contributed by atoms with van der Waals surface area (Å²) in [6.45, 7) is 9.15. The Labute approximate surface area is 200 Å². The van der Waals surface area contributed by atoms with Crippen molar-refractivity contribution in [1.29, 1.82) is 0 Å². The zero-order chi connectivity index (χ0) is 24.1. The summed E-state index contributed by atoms with van der Waals surface area (Å²) < 4.78 is 10.8. The molecule has 178 valence electrons. The number of nitrogens with zero attached hydrogens (tertiary/aromatic N) is 2. The predicted octanol–water partition coefficient (Wildman–Crippen LogP) is 4.56. The van der Waals surface area contributed by atoms with Gasteiger partial charge in [0, 0.05) is 37.6 Å². The van der Waals surface area contributed by atoms with Crippen molar-refractivity contribution >= 4 is 23.2 Å². The highest BCUT2D eigenvalue weighted by molar-refractivity contribution is 5.92. The summed E-state index contributed by atoms with van der Waals surface area (Å²) in [5, 5.41) is 2.87. The molecule has 0 unspecified atom stereocenters. The maximum absolute atomic E-state index is 12.4. The van der Waals surface area contributed by atoms with E-state index in [1.165, 1.54) is 11.8 Å². The second-order valence-corrected chi connectivity index (χ2v) is 9.41. The van der Waals surface area contributed by atoms with Crippen LogP contribution in [0.2, 0.25) is 0 Å². The molecule has 7 heteroatoms. The van der Waals surface area contributed by atoms with Crippen LogP contribution in [0.3, 0.4) is 0 Å². The number of hydrogen-bond acceptors (Lipinski definition) is 5. The number of hydrogen-bond donors (Lipinski definition) is 1. The third-order valence-corrected chi connectivity index (χ3v) is 5.91. The normalized spacial score (nSPS) is 14.1. The van der Waals surface area contributed by atoms with Gasteiger partial charge in [-0.2, -0.15) is 0 Å². The Kier molecular flexibility index (Phi) is 6.91. The molecule has 2 amide bonds. The Bertz CT molecular complexity index is 1090. The Morgan fingerprint density at radius 2 is 1.62 bits per heavy atom. The number of nitrogens with one attached hydrogen (secondary N) is 1. The number of carbonyl (C=O) groups excluding carboxylic acids is 2. The number of benzene rings is 2. The topological polar surface area (TPSA) is 75.0 Å². The van der Waals surface area contributed by atoms with Crippen molar-refractivity contribution in [2.75, 3.05) is 43.0 Å². The Hall–Kier alpha value is -3.74. The highest BCUT2D eigenvalue weighted by atomic mass is 16.5. The van der Waals surface area contributed by atoms with E-state index >= 15 is 0 Å². The van der Waals surface area contributed by atoms with Gasteiger partial charge in [-0.25, -0.2) is 0 Å². The van der Waals surface area contributed by atoms with E-state index in [9.17, 15) is 9.59 Å². The SMILES string of the molecule is CC(C)(C)c1ccc(OCC(=O)Nc2ccc(N3CCN(C(=O)c4ccco4)CC3)cc2)cc1. The number of carbonyl (C=O) groups is 2. The highest BCUT2D eigenvalue weighted by Crippen LogP contribution is 2.24. The zero-order valence-electron chi connectivity index (χ0n) is 19.9. The van der Waals surface area contributed by atoms with Crippen LogP contribution in [0.5, 0.6) is 5.75 Å². The Morgan fingerprint density at radius 3 is 2.21 bits per heavy atom. The van der Waals surface area contributed by atoms with Gasteiger partial charge in [0.1, 0.15) is 5.75 Å². The summed E-state index contributed by atoms with van der Waals surface area (Å²) >= 11 is 0. The average Bonchev–Trinajstić information content (AvgIpc) is 3.38. The molecule has 1 aliphatic rings. The van der Waals surface area contributed by atoms with Crippen molar-refractivity contribution in [3.63, 3.8) is 0 Å². The molecule has 0 saturated carbocycles. The van der Waals surface area contributed by atoms with E-state index in [0.29, 0.717) is 30.3 Å². The van der Waals surface area contributed by atoms with Crippen molar-refractivity contribution in [1.82, 2.24) is 4.90 Å². The van der Waals surface area contributed by atoms with Gasteiger partial charge in [-0.05, 0) is 59.5 Å². The summed E-state index contributed by atoms with van der Waals surface area (Å²) in [7, 11) is 0. The van der Waals surface area contributed by atoms with Crippen molar-refractivity contribution < 1.29 is 18.7 Å². The lowest BCUT2D eigenvalue weighted by atomic mass is 9.87. The van der Waals surface area contributed by atoms with Crippen LogP contribution in [0.1, 0.15) is 36.9 Å². The van der Waals surface area contributed by atoms with Crippen LogP contribution in [0.15, 0.2) is 71.3 Å². The molecule has 0 atom stereocenters. The third kappa shape index (κ3) is 5.78. The number of piperazine rings is 1. The van der Waals surface area contributed by atoms with Crippen molar-refractivity contribution in [2.24, 2.45) is 0 Å². The lowest BCUT2D eigenvalue weighted by molar-refractivity contribution is -0.118. The van der Waals surface area contributed by atoms with Gasteiger partial charge in [0.05, 0.1) is 6.26 Å². The molecule has 3 aromatic rings. The first kappa shape index (κ1) is 23.4. The quantitative estimate of drug-likeness (QED) is 0.583. The van der Waals surface area contributed by atoms with Crippen molar-refractivity contribution in [3.8, 4) is 5.75 Å². The standard InChI is InChI=1S/C27H31N3O4/c1-27(2,3)20-6-12-23(13-7-20)34-19-25(31)28-21-8-10-22(11-9-21)29-14-16-30(17-15-29)26(32)24-5-4-18-33-24/h4-13,18H,14-17,19H2,1-3H3,(H,28,31). The molecule has 1 aliphatic heterocycles. The fourth-order valence-electron chi connectivity index (χ4n) is 3.88. The summed E-state index contributed by atoms with van der Waals surface area (Å²) in [5.74, 6) is 0.760. The summed E-state index contributed by atoms with van der Waals surface area (Å²) in [5.41, 5.74) is 3.06. The minimum absolute atomic E-state index is 0.0533. The largest absolute Gasteiger partial charge is 0.484 e. The molecule has 1 aromatic heterocycles. The first-order valence-electron chi connectivity index (χ1n) is 11.5. The molecule has 1 fully saturated rings. The van der Waals surface area contributed by atoms with Crippen molar-refractivity contribution in [2.45, 2.75) is 26.2 Å². The van der Waals surface area contributed by atoms with Crippen LogP contribution in [0.4, 0.5) is 11.4 Å². The molecular formula is C27H31N3O4. The summed E-state index contributed by atoms with van der Waals surface area (Å²) in [6.07, 6.45) is 1.51. The number of ether oxygens (including phenoxy) is 1. The summed E-state index contributed by atoms with van der Waals surface area (Å²) in [6, 6.07) is 19.0. The number of furan rings is 1. The molecule has 7 nitrogen and oxygen atoms in total. The number of amides is 2. The van der Waals surface area contributed by atoms with E-state index < -0.39 is 0 Å². The van der Waals surface area contributed by atoms with E-state index in [1.54, 1.807) is 17.0 Å².